The van der Waals surface area contributed by atoms with Crippen molar-refractivity contribution >= 4 is 5.91 Å². The molecule has 0 spiro atoms. The highest BCUT2D eigenvalue weighted by Gasteiger charge is 2.38. The molecule has 0 aliphatic carbocycles. The Bertz CT molecular complexity index is 235. The molecule has 1 amide bonds. The standard InChI is InChI=1S/C11H22N2O2/c1-10(2,3)12-6-5-9(14)13-7-11(4,15)8-13/h12,15H,5-8H2,1-4H3. The van der Waals surface area contributed by atoms with Crippen molar-refractivity contribution in [2.75, 3.05) is 19.6 Å². The van der Waals surface area contributed by atoms with E-state index in [1.54, 1.807) is 11.8 Å². The highest BCUT2D eigenvalue weighted by atomic mass is 16.3. The first-order chi connectivity index (χ1) is 6.70. The van der Waals surface area contributed by atoms with E-state index in [9.17, 15) is 9.90 Å². The number of carbonyl (C=O) groups is 1. The lowest BCUT2D eigenvalue weighted by Gasteiger charge is -2.44. The Hall–Kier alpha value is -0.610. The highest BCUT2D eigenvalue weighted by Crippen LogP contribution is 2.20. The molecule has 4 nitrogen and oxygen atoms in total. The summed E-state index contributed by atoms with van der Waals surface area (Å²) < 4.78 is 0. The predicted molar refractivity (Wildman–Crippen MR) is 59.6 cm³/mol. The van der Waals surface area contributed by atoms with E-state index in [4.69, 9.17) is 0 Å². The van der Waals surface area contributed by atoms with E-state index in [0.717, 1.165) is 0 Å². The summed E-state index contributed by atoms with van der Waals surface area (Å²) in [6.07, 6.45) is 0.507. The van der Waals surface area contributed by atoms with Gasteiger partial charge in [0.05, 0.1) is 18.7 Å². The van der Waals surface area contributed by atoms with Gasteiger partial charge in [-0.1, -0.05) is 0 Å². The molecule has 0 bridgehead atoms. The van der Waals surface area contributed by atoms with Crippen LogP contribution < -0.4 is 5.32 Å². The number of β-amino-alcohol motifs (C(OH)–C–C–N with tert-alkyl or cyclic N) is 1. The minimum atomic E-state index is -0.660. The molecule has 88 valence electrons. The molecular weight excluding hydrogens is 192 g/mol. The summed E-state index contributed by atoms with van der Waals surface area (Å²) in [7, 11) is 0. The van der Waals surface area contributed by atoms with Gasteiger partial charge in [-0.2, -0.15) is 0 Å². The van der Waals surface area contributed by atoms with E-state index in [1.807, 2.05) is 0 Å². The predicted octanol–water partition coefficient (Wildman–Crippen LogP) is 0.358. The number of aliphatic hydroxyl groups is 1. The third-order valence-corrected chi connectivity index (χ3v) is 2.41. The molecule has 4 heteroatoms. The molecule has 0 aromatic rings. The Labute approximate surface area is 91.6 Å². The molecule has 1 aliphatic heterocycles. The van der Waals surface area contributed by atoms with Crippen LogP contribution >= 0.6 is 0 Å². The van der Waals surface area contributed by atoms with Gasteiger partial charge in [-0.05, 0) is 27.7 Å². The van der Waals surface area contributed by atoms with Gasteiger partial charge in [-0.25, -0.2) is 0 Å². The third-order valence-electron chi connectivity index (χ3n) is 2.41. The number of nitrogens with one attached hydrogen (secondary N) is 1. The van der Waals surface area contributed by atoms with Crippen molar-refractivity contribution in [2.45, 2.75) is 45.3 Å². The summed E-state index contributed by atoms with van der Waals surface area (Å²) >= 11 is 0. The van der Waals surface area contributed by atoms with Gasteiger partial charge in [0.2, 0.25) is 5.91 Å². The van der Waals surface area contributed by atoms with E-state index in [2.05, 4.69) is 26.1 Å². The van der Waals surface area contributed by atoms with E-state index in [0.29, 0.717) is 26.1 Å². The van der Waals surface area contributed by atoms with Crippen LogP contribution in [0.15, 0.2) is 0 Å². The minimum absolute atomic E-state index is 0.0563. The Morgan fingerprint density at radius 2 is 2.00 bits per heavy atom. The highest BCUT2D eigenvalue weighted by molar-refractivity contribution is 5.77. The lowest BCUT2D eigenvalue weighted by atomic mass is 9.96. The molecule has 0 radical (unpaired) electrons. The fourth-order valence-electron chi connectivity index (χ4n) is 1.65. The van der Waals surface area contributed by atoms with Gasteiger partial charge >= 0.3 is 0 Å². The molecule has 2 N–H and O–H groups in total. The molecule has 1 heterocycles. The number of carbonyl (C=O) groups excluding carboxylic acids is 1. The van der Waals surface area contributed by atoms with Crippen molar-refractivity contribution in [1.82, 2.24) is 10.2 Å². The van der Waals surface area contributed by atoms with Crippen molar-refractivity contribution in [3.8, 4) is 0 Å². The van der Waals surface area contributed by atoms with Crippen molar-refractivity contribution in [2.24, 2.45) is 0 Å². The maximum Gasteiger partial charge on any atom is 0.224 e. The zero-order valence-corrected chi connectivity index (χ0v) is 10.1. The molecule has 1 saturated heterocycles. The molecule has 1 fully saturated rings. The first kappa shape index (κ1) is 12.5. The summed E-state index contributed by atoms with van der Waals surface area (Å²) in [5.74, 6) is 0.123. The van der Waals surface area contributed by atoms with Crippen LogP contribution in [0.3, 0.4) is 0 Å². The van der Waals surface area contributed by atoms with Crippen LogP contribution in [0.1, 0.15) is 34.1 Å². The van der Waals surface area contributed by atoms with Gasteiger partial charge in [0.1, 0.15) is 0 Å². The number of hydrogen-bond donors (Lipinski definition) is 2. The number of nitrogens with zero attached hydrogens (tertiary/aromatic N) is 1. The molecule has 0 saturated carbocycles. The first-order valence-electron chi connectivity index (χ1n) is 5.45. The van der Waals surface area contributed by atoms with Crippen LogP contribution in [-0.2, 0) is 4.79 Å². The van der Waals surface area contributed by atoms with Crippen LogP contribution in [0.2, 0.25) is 0 Å². The summed E-state index contributed by atoms with van der Waals surface area (Å²) in [6.45, 7) is 9.62. The zero-order chi connectivity index (χ0) is 11.7. The quantitative estimate of drug-likeness (QED) is 0.713. The van der Waals surface area contributed by atoms with E-state index in [-0.39, 0.29) is 11.4 Å². The Kier molecular flexibility index (Phi) is 3.41. The maximum atomic E-state index is 11.6. The van der Waals surface area contributed by atoms with Gasteiger partial charge in [0.25, 0.3) is 0 Å². The van der Waals surface area contributed by atoms with E-state index >= 15 is 0 Å². The number of rotatable bonds is 3. The second kappa shape index (κ2) is 4.10. The third kappa shape index (κ3) is 4.18. The van der Waals surface area contributed by atoms with Gasteiger partial charge in [-0.15, -0.1) is 0 Å². The summed E-state index contributed by atoms with van der Waals surface area (Å²) in [5.41, 5.74) is -0.603. The summed E-state index contributed by atoms with van der Waals surface area (Å²) in [6, 6.07) is 0. The molecular formula is C11H22N2O2. The Balaban J connectivity index is 2.16. The number of hydrogen-bond acceptors (Lipinski definition) is 3. The molecule has 1 rings (SSSR count). The van der Waals surface area contributed by atoms with E-state index in [1.165, 1.54) is 0 Å². The van der Waals surface area contributed by atoms with Crippen LogP contribution in [0, 0.1) is 0 Å². The Morgan fingerprint density at radius 3 is 2.40 bits per heavy atom. The normalized spacial score (nSPS) is 19.9. The summed E-state index contributed by atoms with van der Waals surface area (Å²) in [4.78, 5) is 13.3. The lowest BCUT2D eigenvalue weighted by Crippen LogP contribution is -2.62. The fraction of sp³-hybridized carbons (Fsp3) is 0.909. The second-order valence-electron chi connectivity index (χ2n) is 5.67. The number of likely N-dealkylation sites (tertiary alicyclic amines) is 1. The fourth-order valence-corrected chi connectivity index (χ4v) is 1.65. The molecule has 15 heavy (non-hydrogen) atoms. The van der Waals surface area contributed by atoms with Crippen LogP contribution in [0.25, 0.3) is 0 Å². The summed E-state index contributed by atoms with van der Waals surface area (Å²) in [5, 5.41) is 12.7. The zero-order valence-electron chi connectivity index (χ0n) is 10.1. The molecule has 0 atom stereocenters. The average Bonchev–Trinajstić information content (AvgIpc) is 1.97. The SMILES string of the molecule is CC1(O)CN(C(=O)CCNC(C)(C)C)C1. The van der Waals surface area contributed by atoms with Crippen LogP contribution in [0.5, 0.6) is 0 Å². The van der Waals surface area contributed by atoms with Gasteiger partial charge in [0.15, 0.2) is 0 Å². The second-order valence-corrected chi connectivity index (χ2v) is 5.67. The van der Waals surface area contributed by atoms with Crippen LogP contribution in [0.4, 0.5) is 0 Å². The van der Waals surface area contributed by atoms with E-state index < -0.39 is 5.60 Å². The van der Waals surface area contributed by atoms with Crippen LogP contribution in [-0.4, -0.2) is 46.7 Å². The number of amides is 1. The van der Waals surface area contributed by atoms with Gasteiger partial charge < -0.3 is 15.3 Å². The minimum Gasteiger partial charge on any atom is -0.386 e. The Morgan fingerprint density at radius 1 is 1.47 bits per heavy atom. The molecule has 0 unspecified atom stereocenters. The topological polar surface area (TPSA) is 52.6 Å². The van der Waals surface area contributed by atoms with Crippen molar-refractivity contribution in [3.63, 3.8) is 0 Å². The van der Waals surface area contributed by atoms with Crippen molar-refractivity contribution < 1.29 is 9.90 Å². The molecule has 0 aromatic heterocycles. The van der Waals surface area contributed by atoms with Crippen molar-refractivity contribution in [3.05, 3.63) is 0 Å². The smallest absolute Gasteiger partial charge is 0.224 e. The first-order valence-corrected chi connectivity index (χ1v) is 5.45. The monoisotopic (exact) mass is 214 g/mol. The average molecular weight is 214 g/mol. The van der Waals surface area contributed by atoms with Gasteiger partial charge in [0, 0.05) is 18.5 Å². The maximum absolute atomic E-state index is 11.6. The largest absolute Gasteiger partial charge is 0.386 e. The van der Waals surface area contributed by atoms with Crippen molar-refractivity contribution in [1.29, 1.82) is 0 Å². The van der Waals surface area contributed by atoms with Gasteiger partial charge in [-0.3, -0.25) is 4.79 Å². The molecule has 0 aromatic carbocycles. The molecule has 1 aliphatic rings. The lowest BCUT2D eigenvalue weighted by molar-refractivity contribution is -0.152.